The Balaban J connectivity index is 2.75. The van der Waals surface area contributed by atoms with Crippen molar-refractivity contribution >= 4 is 11.7 Å². The third kappa shape index (κ3) is 1.95. The largest absolute Gasteiger partial charge is 0.341 e. The van der Waals surface area contributed by atoms with Gasteiger partial charge < -0.3 is 10.6 Å². The fourth-order valence-corrected chi connectivity index (χ4v) is 0.801. The van der Waals surface area contributed by atoms with Gasteiger partial charge in [-0.05, 0) is 19.1 Å². The Kier molecular flexibility index (Phi) is 2.63. The van der Waals surface area contributed by atoms with Crippen molar-refractivity contribution in [2.45, 2.75) is 6.92 Å². The molecule has 1 heterocycles. The number of urea groups is 1. The number of nitrogens with one attached hydrogen (secondary N) is 2. The van der Waals surface area contributed by atoms with E-state index in [1.807, 2.05) is 6.92 Å². The summed E-state index contributed by atoms with van der Waals surface area (Å²) in [5, 5.41) is 5.11. The van der Waals surface area contributed by atoms with Crippen molar-refractivity contribution in [1.82, 2.24) is 10.3 Å². The molecule has 0 aromatic carbocycles. The van der Waals surface area contributed by atoms with Crippen LogP contribution in [0.5, 0.6) is 0 Å². The van der Waals surface area contributed by atoms with E-state index in [0.717, 1.165) is 11.4 Å². The second-order valence-electron chi connectivity index (χ2n) is 2.34. The molecule has 0 aliphatic rings. The van der Waals surface area contributed by atoms with E-state index in [-0.39, 0.29) is 6.03 Å². The third-order valence-electron chi connectivity index (χ3n) is 1.48. The van der Waals surface area contributed by atoms with Gasteiger partial charge in [-0.15, -0.1) is 0 Å². The van der Waals surface area contributed by atoms with Crippen molar-refractivity contribution in [3.63, 3.8) is 0 Å². The van der Waals surface area contributed by atoms with Gasteiger partial charge in [-0.1, -0.05) is 0 Å². The fraction of sp³-hybridized carbons (Fsp3) is 0.250. The summed E-state index contributed by atoms with van der Waals surface area (Å²) in [7, 11) is 1.57. The summed E-state index contributed by atoms with van der Waals surface area (Å²) >= 11 is 0. The van der Waals surface area contributed by atoms with Gasteiger partial charge in [-0.25, -0.2) is 4.79 Å². The first-order valence-electron chi connectivity index (χ1n) is 3.64. The van der Waals surface area contributed by atoms with Crippen LogP contribution in [0.1, 0.15) is 5.69 Å². The topological polar surface area (TPSA) is 54.0 Å². The maximum Gasteiger partial charge on any atom is 0.319 e. The Labute approximate surface area is 71.0 Å². The van der Waals surface area contributed by atoms with Gasteiger partial charge >= 0.3 is 6.03 Å². The number of carbonyl (C=O) groups excluding carboxylic acids is 1. The summed E-state index contributed by atoms with van der Waals surface area (Å²) in [6, 6.07) is 3.35. The highest BCUT2D eigenvalue weighted by Gasteiger charge is 2.00. The Morgan fingerprint density at radius 3 is 2.92 bits per heavy atom. The molecule has 64 valence electrons. The van der Waals surface area contributed by atoms with Gasteiger partial charge in [0.1, 0.15) is 0 Å². The van der Waals surface area contributed by atoms with Crippen LogP contribution in [0, 0.1) is 6.92 Å². The smallest absolute Gasteiger partial charge is 0.319 e. The highest BCUT2D eigenvalue weighted by Crippen LogP contribution is 2.09. The predicted molar refractivity (Wildman–Crippen MR) is 47.1 cm³/mol. The minimum absolute atomic E-state index is 0.230. The molecule has 0 atom stereocenters. The zero-order valence-electron chi connectivity index (χ0n) is 7.09. The summed E-state index contributed by atoms with van der Waals surface area (Å²) in [5.41, 5.74) is 1.54. The normalized spacial score (nSPS) is 9.17. The molecular weight excluding hydrogens is 154 g/mol. The van der Waals surface area contributed by atoms with Gasteiger partial charge in [0, 0.05) is 13.2 Å². The van der Waals surface area contributed by atoms with Gasteiger partial charge in [0.15, 0.2) is 0 Å². The number of carbonyl (C=O) groups is 1. The van der Waals surface area contributed by atoms with Gasteiger partial charge in [-0.2, -0.15) is 0 Å². The van der Waals surface area contributed by atoms with E-state index in [4.69, 9.17) is 0 Å². The molecule has 1 aromatic rings. The van der Waals surface area contributed by atoms with E-state index in [0.29, 0.717) is 0 Å². The number of aryl methyl sites for hydroxylation is 1. The Morgan fingerprint density at radius 2 is 2.33 bits per heavy atom. The van der Waals surface area contributed by atoms with Crippen LogP contribution < -0.4 is 10.6 Å². The number of aromatic nitrogens is 1. The molecule has 1 rings (SSSR count). The van der Waals surface area contributed by atoms with Crippen molar-refractivity contribution in [2.75, 3.05) is 12.4 Å². The van der Waals surface area contributed by atoms with E-state index in [9.17, 15) is 4.79 Å². The SMILES string of the molecule is CNC(=O)Nc1cccnc1C. The first kappa shape index (κ1) is 8.52. The van der Waals surface area contributed by atoms with Crippen LogP contribution in [0.4, 0.5) is 10.5 Å². The Morgan fingerprint density at radius 1 is 1.58 bits per heavy atom. The molecule has 0 aliphatic heterocycles. The lowest BCUT2D eigenvalue weighted by Crippen LogP contribution is -2.24. The summed E-state index contributed by atoms with van der Waals surface area (Å²) in [6.07, 6.45) is 1.68. The second kappa shape index (κ2) is 3.71. The Bertz CT molecular complexity index is 285. The molecule has 0 bridgehead atoms. The van der Waals surface area contributed by atoms with Crippen molar-refractivity contribution in [3.05, 3.63) is 24.0 Å². The van der Waals surface area contributed by atoms with Crippen LogP contribution >= 0.6 is 0 Å². The number of nitrogens with zero attached hydrogens (tertiary/aromatic N) is 1. The Hall–Kier alpha value is -1.58. The molecule has 0 fully saturated rings. The molecule has 1 aromatic heterocycles. The highest BCUT2D eigenvalue weighted by atomic mass is 16.2. The predicted octanol–water partition coefficient (Wildman–Crippen LogP) is 1.14. The maximum atomic E-state index is 10.9. The third-order valence-corrected chi connectivity index (χ3v) is 1.48. The zero-order chi connectivity index (χ0) is 8.97. The average molecular weight is 165 g/mol. The number of hydrogen-bond donors (Lipinski definition) is 2. The molecule has 0 spiro atoms. The lowest BCUT2D eigenvalue weighted by Gasteiger charge is -2.05. The molecule has 12 heavy (non-hydrogen) atoms. The molecule has 0 aliphatic carbocycles. The van der Waals surface area contributed by atoms with Crippen LogP contribution in [-0.2, 0) is 0 Å². The minimum atomic E-state index is -0.230. The average Bonchev–Trinajstić information content (AvgIpc) is 2.09. The molecule has 4 heteroatoms. The molecule has 0 saturated heterocycles. The van der Waals surface area contributed by atoms with Crippen LogP contribution in [0.15, 0.2) is 18.3 Å². The first-order valence-corrected chi connectivity index (χ1v) is 3.64. The van der Waals surface area contributed by atoms with Crippen LogP contribution in [0.25, 0.3) is 0 Å². The van der Waals surface area contributed by atoms with Gasteiger partial charge in [0.2, 0.25) is 0 Å². The molecule has 4 nitrogen and oxygen atoms in total. The summed E-state index contributed by atoms with van der Waals surface area (Å²) in [4.78, 5) is 14.9. The van der Waals surface area contributed by atoms with Crippen molar-refractivity contribution in [2.24, 2.45) is 0 Å². The maximum absolute atomic E-state index is 10.9. The molecule has 2 N–H and O–H groups in total. The van der Waals surface area contributed by atoms with E-state index < -0.39 is 0 Å². The number of rotatable bonds is 1. The minimum Gasteiger partial charge on any atom is -0.341 e. The van der Waals surface area contributed by atoms with E-state index in [1.165, 1.54) is 0 Å². The van der Waals surface area contributed by atoms with Crippen molar-refractivity contribution < 1.29 is 4.79 Å². The van der Waals surface area contributed by atoms with Crippen LogP contribution in [-0.4, -0.2) is 18.1 Å². The monoisotopic (exact) mass is 165 g/mol. The quantitative estimate of drug-likeness (QED) is 0.655. The van der Waals surface area contributed by atoms with Gasteiger partial charge in [-0.3, -0.25) is 4.98 Å². The number of hydrogen-bond acceptors (Lipinski definition) is 2. The number of anilines is 1. The lowest BCUT2D eigenvalue weighted by atomic mass is 10.3. The fourth-order valence-electron chi connectivity index (χ4n) is 0.801. The first-order chi connectivity index (χ1) is 5.74. The van der Waals surface area contributed by atoms with Crippen LogP contribution in [0.3, 0.4) is 0 Å². The van der Waals surface area contributed by atoms with E-state index in [2.05, 4.69) is 15.6 Å². The van der Waals surface area contributed by atoms with E-state index in [1.54, 1.807) is 25.4 Å². The van der Waals surface area contributed by atoms with Crippen molar-refractivity contribution in [1.29, 1.82) is 0 Å². The van der Waals surface area contributed by atoms with Gasteiger partial charge in [0.25, 0.3) is 0 Å². The molecule has 2 amide bonds. The summed E-state index contributed by atoms with van der Waals surface area (Å²) in [5.74, 6) is 0. The summed E-state index contributed by atoms with van der Waals surface area (Å²) < 4.78 is 0. The van der Waals surface area contributed by atoms with Gasteiger partial charge in [0.05, 0.1) is 11.4 Å². The van der Waals surface area contributed by atoms with Crippen molar-refractivity contribution in [3.8, 4) is 0 Å². The zero-order valence-corrected chi connectivity index (χ0v) is 7.09. The van der Waals surface area contributed by atoms with Crippen LogP contribution in [0.2, 0.25) is 0 Å². The highest BCUT2D eigenvalue weighted by molar-refractivity contribution is 5.89. The standard InChI is InChI=1S/C8H11N3O/c1-6-7(4-3-5-10-6)11-8(12)9-2/h3-5H,1-2H3,(H2,9,11,12). The molecule has 0 saturated carbocycles. The summed E-state index contributed by atoms with van der Waals surface area (Å²) in [6.45, 7) is 1.84. The number of amides is 2. The lowest BCUT2D eigenvalue weighted by molar-refractivity contribution is 0.254. The molecular formula is C8H11N3O. The second-order valence-corrected chi connectivity index (χ2v) is 2.34. The molecule has 0 radical (unpaired) electrons. The van der Waals surface area contributed by atoms with E-state index >= 15 is 0 Å². The molecule has 0 unspecified atom stereocenters. The number of pyridine rings is 1.